The standard InChI is InChI=1S/C3H7Cl3OSi/c4-3(5)1-2-7-8-6/h3H,1-2,8H2. The number of alkyl halides is 2. The van der Waals surface area contributed by atoms with Crippen molar-refractivity contribution >= 4 is 43.4 Å². The fourth-order valence-electron chi connectivity index (χ4n) is 0.227. The van der Waals surface area contributed by atoms with Gasteiger partial charge < -0.3 is 4.43 Å². The lowest BCUT2D eigenvalue weighted by atomic mass is 10.5. The summed E-state index contributed by atoms with van der Waals surface area (Å²) in [5.41, 5.74) is 0. The SMILES string of the molecule is Cl[SiH2]OCCC(Cl)Cl. The topological polar surface area (TPSA) is 9.23 Å². The normalized spacial score (nSPS) is 12.0. The molecule has 0 amide bonds. The molecule has 0 aromatic heterocycles. The monoisotopic (exact) mass is 192 g/mol. The van der Waals surface area contributed by atoms with Crippen LogP contribution in [0.2, 0.25) is 0 Å². The lowest BCUT2D eigenvalue weighted by Crippen LogP contribution is -1.98. The molecule has 50 valence electrons. The van der Waals surface area contributed by atoms with Crippen molar-refractivity contribution in [3.63, 3.8) is 0 Å². The van der Waals surface area contributed by atoms with Crippen molar-refractivity contribution in [3.05, 3.63) is 0 Å². The summed E-state index contributed by atoms with van der Waals surface area (Å²) < 4.78 is 4.88. The molecule has 0 N–H and O–H groups in total. The van der Waals surface area contributed by atoms with E-state index in [2.05, 4.69) is 0 Å². The van der Waals surface area contributed by atoms with Gasteiger partial charge in [-0.2, -0.15) is 0 Å². The van der Waals surface area contributed by atoms with Crippen LogP contribution >= 0.6 is 34.3 Å². The third-order valence-electron chi connectivity index (χ3n) is 0.558. The smallest absolute Gasteiger partial charge is 0.258 e. The van der Waals surface area contributed by atoms with Crippen molar-refractivity contribution in [1.82, 2.24) is 0 Å². The van der Waals surface area contributed by atoms with Crippen molar-refractivity contribution in [1.29, 1.82) is 0 Å². The first kappa shape index (κ1) is 9.05. The molecule has 0 radical (unpaired) electrons. The zero-order valence-corrected chi connectivity index (χ0v) is 7.92. The summed E-state index contributed by atoms with van der Waals surface area (Å²) in [5.74, 6) is 0. The highest BCUT2D eigenvalue weighted by atomic mass is 35.6. The molecule has 0 aliphatic rings. The first-order valence-electron chi connectivity index (χ1n) is 2.19. The third kappa shape index (κ3) is 7.05. The predicted octanol–water partition coefficient (Wildman–Crippen LogP) is 1.43. The van der Waals surface area contributed by atoms with Crippen molar-refractivity contribution in [2.75, 3.05) is 6.61 Å². The van der Waals surface area contributed by atoms with E-state index in [0.717, 1.165) is 0 Å². The second-order valence-corrected chi connectivity index (χ2v) is 3.76. The molecule has 0 rings (SSSR count). The maximum Gasteiger partial charge on any atom is 0.258 e. The largest absolute Gasteiger partial charge is 0.408 e. The molecule has 0 aromatic carbocycles. The molecule has 5 heteroatoms. The minimum absolute atomic E-state index is 0.313. The van der Waals surface area contributed by atoms with Gasteiger partial charge in [0.25, 0.3) is 9.07 Å². The molecule has 1 nitrogen and oxygen atoms in total. The maximum atomic E-state index is 5.37. The van der Waals surface area contributed by atoms with Gasteiger partial charge in [-0.25, -0.2) is 0 Å². The van der Waals surface area contributed by atoms with Crippen LogP contribution in [0.5, 0.6) is 0 Å². The molecule has 0 heterocycles. The molecule has 0 aliphatic heterocycles. The first-order valence-corrected chi connectivity index (χ1v) is 5.78. The fraction of sp³-hybridized carbons (Fsp3) is 1.00. The second kappa shape index (κ2) is 6.17. The van der Waals surface area contributed by atoms with Gasteiger partial charge in [-0.15, -0.1) is 34.3 Å². The molecule has 0 saturated heterocycles. The predicted molar refractivity (Wildman–Crippen MR) is 40.5 cm³/mol. The molecule has 0 fully saturated rings. The fourth-order valence-corrected chi connectivity index (χ4v) is 1.01. The Morgan fingerprint density at radius 3 is 2.50 bits per heavy atom. The number of hydrogen-bond donors (Lipinski definition) is 0. The summed E-state index contributed by atoms with van der Waals surface area (Å²) in [7, 11) is -0.774. The van der Waals surface area contributed by atoms with Gasteiger partial charge >= 0.3 is 0 Å². The van der Waals surface area contributed by atoms with E-state index in [0.29, 0.717) is 13.0 Å². The molecule has 0 unspecified atom stereocenters. The summed E-state index contributed by atoms with van der Waals surface area (Å²) in [4.78, 5) is -0.313. The molecule has 0 saturated carbocycles. The van der Waals surface area contributed by atoms with Crippen LogP contribution in [0.3, 0.4) is 0 Å². The van der Waals surface area contributed by atoms with Crippen molar-refractivity contribution in [3.8, 4) is 0 Å². The number of hydrogen-bond acceptors (Lipinski definition) is 1. The van der Waals surface area contributed by atoms with E-state index in [1.54, 1.807) is 0 Å². The van der Waals surface area contributed by atoms with E-state index >= 15 is 0 Å². The Morgan fingerprint density at radius 1 is 1.50 bits per heavy atom. The third-order valence-corrected chi connectivity index (χ3v) is 1.90. The Labute approximate surface area is 65.9 Å². The van der Waals surface area contributed by atoms with Gasteiger partial charge in [0, 0.05) is 6.61 Å². The van der Waals surface area contributed by atoms with Gasteiger partial charge in [0.05, 0.1) is 0 Å². The van der Waals surface area contributed by atoms with E-state index in [9.17, 15) is 0 Å². The Morgan fingerprint density at radius 2 is 2.12 bits per heavy atom. The molecule has 0 atom stereocenters. The van der Waals surface area contributed by atoms with Crippen molar-refractivity contribution in [2.24, 2.45) is 0 Å². The minimum atomic E-state index is -0.774. The zero-order valence-electron chi connectivity index (χ0n) is 4.24. The molecule has 8 heavy (non-hydrogen) atoms. The Balaban J connectivity index is 2.72. The Hall–Kier alpha value is 1.05. The molecule has 0 bridgehead atoms. The number of halogens is 3. The average Bonchev–Trinajstić information content (AvgIpc) is 1.66. The van der Waals surface area contributed by atoms with E-state index in [1.807, 2.05) is 0 Å². The van der Waals surface area contributed by atoms with Crippen LogP contribution in [0.25, 0.3) is 0 Å². The molecular formula is C3H7Cl3OSi. The van der Waals surface area contributed by atoms with Crippen LogP contribution in [0.4, 0.5) is 0 Å². The van der Waals surface area contributed by atoms with Gasteiger partial charge in [-0.3, -0.25) is 0 Å². The van der Waals surface area contributed by atoms with Gasteiger partial charge in [0.2, 0.25) is 0 Å². The zero-order chi connectivity index (χ0) is 6.41. The van der Waals surface area contributed by atoms with E-state index in [4.69, 9.17) is 38.7 Å². The van der Waals surface area contributed by atoms with Crippen LogP contribution in [-0.2, 0) is 4.43 Å². The van der Waals surface area contributed by atoms with Crippen LogP contribution in [-0.4, -0.2) is 20.5 Å². The van der Waals surface area contributed by atoms with Gasteiger partial charge in [0.15, 0.2) is 0 Å². The van der Waals surface area contributed by atoms with Crippen LogP contribution in [0.1, 0.15) is 6.42 Å². The molecule has 0 spiro atoms. The van der Waals surface area contributed by atoms with Crippen molar-refractivity contribution in [2.45, 2.75) is 11.3 Å². The second-order valence-electron chi connectivity index (χ2n) is 1.20. The highest BCUT2D eigenvalue weighted by Gasteiger charge is 1.95. The number of rotatable bonds is 4. The first-order chi connectivity index (χ1) is 3.77. The van der Waals surface area contributed by atoms with E-state index < -0.39 is 9.07 Å². The van der Waals surface area contributed by atoms with Gasteiger partial charge in [0.1, 0.15) is 4.84 Å². The molecule has 0 aliphatic carbocycles. The summed E-state index contributed by atoms with van der Waals surface area (Å²) >= 11 is 16.1. The van der Waals surface area contributed by atoms with E-state index in [1.165, 1.54) is 0 Å². The van der Waals surface area contributed by atoms with Crippen molar-refractivity contribution < 1.29 is 4.43 Å². The van der Waals surface area contributed by atoms with Crippen LogP contribution in [0, 0.1) is 0 Å². The average molecular weight is 194 g/mol. The lowest BCUT2D eigenvalue weighted by molar-refractivity contribution is 0.342. The van der Waals surface area contributed by atoms with E-state index in [-0.39, 0.29) is 4.84 Å². The summed E-state index contributed by atoms with van der Waals surface area (Å²) in [6, 6.07) is 0. The van der Waals surface area contributed by atoms with Gasteiger partial charge in [-0.1, -0.05) is 0 Å². The van der Waals surface area contributed by atoms with Crippen LogP contribution < -0.4 is 0 Å². The molecular weight excluding hydrogens is 186 g/mol. The summed E-state index contributed by atoms with van der Waals surface area (Å²) in [6.07, 6.45) is 0.669. The summed E-state index contributed by atoms with van der Waals surface area (Å²) in [5, 5.41) is 0. The Bertz CT molecular complexity index is 51.8. The van der Waals surface area contributed by atoms with Crippen LogP contribution in [0.15, 0.2) is 0 Å². The summed E-state index contributed by atoms with van der Waals surface area (Å²) in [6.45, 7) is 0.591. The molecule has 0 aromatic rings. The minimum Gasteiger partial charge on any atom is -0.408 e. The highest BCUT2D eigenvalue weighted by molar-refractivity contribution is 6.89. The lowest BCUT2D eigenvalue weighted by Gasteiger charge is -1.98. The quantitative estimate of drug-likeness (QED) is 0.284. The maximum absolute atomic E-state index is 5.37. The Kier molecular flexibility index (Phi) is 6.98. The van der Waals surface area contributed by atoms with Gasteiger partial charge in [-0.05, 0) is 6.42 Å². The highest BCUT2D eigenvalue weighted by Crippen LogP contribution is 2.05.